The molecule has 0 bridgehead atoms. The fourth-order valence-electron chi connectivity index (χ4n) is 1.89. The number of fused-ring (bicyclic) bond motifs is 1. The van der Waals surface area contributed by atoms with Gasteiger partial charge in [0.1, 0.15) is 5.82 Å². The fraction of sp³-hybridized carbons (Fsp3) is 0.0714. The summed E-state index contributed by atoms with van der Waals surface area (Å²) in [4.78, 5) is 14.0. The fourth-order valence-corrected chi connectivity index (χ4v) is 3.23. The van der Waals surface area contributed by atoms with E-state index in [1.165, 1.54) is 24.1 Å². The molecule has 0 atom stereocenters. The average molecular weight is 306 g/mol. The number of nitrogens with one attached hydrogen (secondary N) is 1. The summed E-state index contributed by atoms with van der Waals surface area (Å²) < 4.78 is 14.7. The molecule has 2 amide bonds. The minimum atomic E-state index is -0.359. The molecule has 0 fully saturated rings. The summed E-state index contributed by atoms with van der Waals surface area (Å²) >= 11 is 2.91. The molecule has 2 aromatic carbocycles. The molecule has 1 heterocycles. The molecule has 0 spiro atoms. The van der Waals surface area contributed by atoms with Crippen molar-refractivity contribution in [2.75, 3.05) is 15.9 Å². The standard InChI is InChI=1S/C14H11FN2OS2/c1-19-11-4-2-3-10(8-11)17-14(18)16-12-7-9(15)5-6-13(12)20-17/h2-8H,1H3,(H,16,18). The number of benzene rings is 2. The van der Waals surface area contributed by atoms with Gasteiger partial charge in [0.05, 0.1) is 16.3 Å². The van der Waals surface area contributed by atoms with Crippen LogP contribution in [-0.4, -0.2) is 12.3 Å². The molecular formula is C14H11FN2OS2. The smallest absolute Gasteiger partial charge is 0.306 e. The number of urea groups is 1. The van der Waals surface area contributed by atoms with Crippen molar-refractivity contribution in [3.63, 3.8) is 0 Å². The summed E-state index contributed by atoms with van der Waals surface area (Å²) in [5.41, 5.74) is 1.31. The Balaban J connectivity index is 1.95. The van der Waals surface area contributed by atoms with E-state index < -0.39 is 0 Å². The first-order valence-corrected chi connectivity index (χ1v) is 7.90. The van der Waals surface area contributed by atoms with Gasteiger partial charge in [0.2, 0.25) is 0 Å². The monoisotopic (exact) mass is 306 g/mol. The lowest BCUT2D eigenvalue weighted by atomic mass is 10.3. The summed E-state index contributed by atoms with van der Waals surface area (Å²) in [6.45, 7) is 0. The van der Waals surface area contributed by atoms with Gasteiger partial charge in [-0.3, -0.25) is 0 Å². The van der Waals surface area contributed by atoms with Crippen LogP contribution in [0.5, 0.6) is 0 Å². The normalized spacial score (nSPS) is 13.9. The predicted molar refractivity (Wildman–Crippen MR) is 82.0 cm³/mol. The number of halogens is 1. The molecule has 102 valence electrons. The summed E-state index contributed by atoms with van der Waals surface area (Å²) in [5, 5.41) is 2.71. The number of thioether (sulfide) groups is 1. The molecule has 0 saturated carbocycles. The Bertz CT molecular complexity index is 678. The van der Waals surface area contributed by atoms with Gasteiger partial charge in [-0.2, -0.15) is 0 Å². The van der Waals surface area contributed by atoms with E-state index in [-0.39, 0.29) is 11.8 Å². The number of carbonyl (C=O) groups is 1. The molecular weight excluding hydrogens is 295 g/mol. The van der Waals surface area contributed by atoms with Crippen LogP contribution in [0.15, 0.2) is 52.3 Å². The van der Waals surface area contributed by atoms with Crippen molar-refractivity contribution in [2.45, 2.75) is 9.79 Å². The lowest BCUT2D eigenvalue weighted by Crippen LogP contribution is -2.32. The van der Waals surface area contributed by atoms with Gasteiger partial charge < -0.3 is 5.32 Å². The Morgan fingerprint density at radius 2 is 2.10 bits per heavy atom. The summed E-state index contributed by atoms with van der Waals surface area (Å²) in [6.07, 6.45) is 1.99. The highest BCUT2D eigenvalue weighted by Crippen LogP contribution is 2.39. The molecule has 2 aromatic rings. The number of carbonyl (C=O) groups excluding carboxylic acids is 1. The maximum Gasteiger partial charge on any atom is 0.336 e. The quantitative estimate of drug-likeness (QED) is 0.650. The van der Waals surface area contributed by atoms with E-state index in [2.05, 4.69) is 5.32 Å². The molecule has 0 aliphatic carbocycles. The van der Waals surface area contributed by atoms with Crippen LogP contribution in [0.3, 0.4) is 0 Å². The summed E-state index contributed by atoms with van der Waals surface area (Å²) in [7, 11) is 0. The number of rotatable bonds is 2. The second-order valence-electron chi connectivity index (χ2n) is 4.16. The Labute approximate surface area is 124 Å². The lowest BCUT2D eigenvalue weighted by Gasteiger charge is -2.28. The van der Waals surface area contributed by atoms with E-state index in [0.29, 0.717) is 5.69 Å². The highest BCUT2D eigenvalue weighted by Gasteiger charge is 2.25. The van der Waals surface area contributed by atoms with Gasteiger partial charge in [-0.05, 0) is 54.6 Å². The van der Waals surface area contributed by atoms with Crippen LogP contribution < -0.4 is 9.62 Å². The molecule has 0 radical (unpaired) electrons. The Hall–Kier alpha value is -1.66. The second kappa shape index (κ2) is 5.38. The van der Waals surface area contributed by atoms with Crippen molar-refractivity contribution in [2.24, 2.45) is 0 Å². The Morgan fingerprint density at radius 3 is 2.90 bits per heavy atom. The predicted octanol–water partition coefficient (Wildman–Crippen LogP) is 4.61. The molecule has 1 aliphatic rings. The van der Waals surface area contributed by atoms with Gasteiger partial charge in [0.15, 0.2) is 0 Å². The van der Waals surface area contributed by atoms with Gasteiger partial charge in [-0.25, -0.2) is 13.5 Å². The SMILES string of the molecule is CSc1cccc(N2Sc3ccc(F)cc3NC2=O)c1. The molecule has 1 aliphatic heterocycles. The number of anilines is 2. The van der Waals surface area contributed by atoms with Gasteiger partial charge in [-0.15, -0.1) is 11.8 Å². The molecule has 3 rings (SSSR count). The topological polar surface area (TPSA) is 32.3 Å². The van der Waals surface area contributed by atoms with E-state index in [4.69, 9.17) is 0 Å². The zero-order valence-corrected chi connectivity index (χ0v) is 12.2. The van der Waals surface area contributed by atoms with Crippen LogP contribution in [0.4, 0.5) is 20.6 Å². The van der Waals surface area contributed by atoms with Gasteiger partial charge in [0, 0.05) is 4.90 Å². The lowest BCUT2D eigenvalue weighted by molar-refractivity contribution is 0.260. The number of hydrogen-bond acceptors (Lipinski definition) is 3. The van der Waals surface area contributed by atoms with Crippen LogP contribution in [0.2, 0.25) is 0 Å². The molecule has 1 N–H and O–H groups in total. The van der Waals surface area contributed by atoms with Gasteiger partial charge in [0.25, 0.3) is 0 Å². The minimum absolute atomic E-state index is 0.272. The van der Waals surface area contributed by atoms with Crippen LogP contribution >= 0.6 is 23.7 Å². The Kier molecular flexibility index (Phi) is 3.58. The number of nitrogens with zero attached hydrogens (tertiary/aromatic N) is 1. The van der Waals surface area contributed by atoms with Crippen molar-refractivity contribution in [1.29, 1.82) is 0 Å². The van der Waals surface area contributed by atoms with Crippen LogP contribution in [0.25, 0.3) is 0 Å². The highest BCUT2D eigenvalue weighted by molar-refractivity contribution is 8.01. The van der Waals surface area contributed by atoms with Crippen molar-refractivity contribution in [3.05, 3.63) is 48.3 Å². The maximum atomic E-state index is 13.2. The van der Waals surface area contributed by atoms with Crippen molar-refractivity contribution < 1.29 is 9.18 Å². The third kappa shape index (κ3) is 2.48. The zero-order valence-electron chi connectivity index (χ0n) is 10.6. The minimum Gasteiger partial charge on any atom is -0.306 e. The van der Waals surface area contributed by atoms with E-state index in [0.717, 1.165) is 15.5 Å². The molecule has 0 aromatic heterocycles. The average Bonchev–Trinajstić information content (AvgIpc) is 2.46. The first-order chi connectivity index (χ1) is 9.67. The maximum absolute atomic E-state index is 13.2. The second-order valence-corrected chi connectivity index (χ2v) is 6.02. The van der Waals surface area contributed by atoms with Crippen LogP contribution in [0.1, 0.15) is 0 Å². The summed E-state index contributed by atoms with van der Waals surface area (Å²) in [6, 6.07) is 11.8. The van der Waals surface area contributed by atoms with E-state index in [1.54, 1.807) is 22.1 Å². The highest BCUT2D eigenvalue weighted by atomic mass is 32.2. The molecule has 20 heavy (non-hydrogen) atoms. The third-order valence-corrected chi connectivity index (χ3v) is 4.68. The molecule has 6 heteroatoms. The molecule has 3 nitrogen and oxygen atoms in total. The van der Waals surface area contributed by atoms with E-state index in [9.17, 15) is 9.18 Å². The molecule has 0 saturated heterocycles. The van der Waals surface area contributed by atoms with Crippen molar-refractivity contribution in [3.8, 4) is 0 Å². The first kappa shape index (κ1) is 13.3. The largest absolute Gasteiger partial charge is 0.336 e. The number of amides is 2. The number of hydrogen-bond donors (Lipinski definition) is 1. The Morgan fingerprint density at radius 1 is 1.25 bits per heavy atom. The van der Waals surface area contributed by atoms with E-state index >= 15 is 0 Å². The van der Waals surface area contributed by atoms with Gasteiger partial charge in [-0.1, -0.05) is 6.07 Å². The first-order valence-electron chi connectivity index (χ1n) is 5.90. The van der Waals surface area contributed by atoms with Crippen molar-refractivity contribution in [1.82, 2.24) is 0 Å². The van der Waals surface area contributed by atoms with Crippen LogP contribution in [-0.2, 0) is 0 Å². The van der Waals surface area contributed by atoms with E-state index in [1.807, 2.05) is 30.5 Å². The van der Waals surface area contributed by atoms with Crippen LogP contribution in [0, 0.1) is 5.82 Å². The summed E-state index contributed by atoms with van der Waals surface area (Å²) in [5.74, 6) is -0.359. The molecule has 0 unspecified atom stereocenters. The third-order valence-electron chi connectivity index (χ3n) is 2.85. The zero-order chi connectivity index (χ0) is 14.1. The van der Waals surface area contributed by atoms with Crippen molar-refractivity contribution >= 4 is 41.1 Å². The van der Waals surface area contributed by atoms with Gasteiger partial charge >= 0.3 is 6.03 Å².